The minimum Gasteiger partial charge on any atom is -0.296 e. The van der Waals surface area contributed by atoms with Crippen molar-refractivity contribution in [2.24, 2.45) is 0 Å². The van der Waals surface area contributed by atoms with Crippen molar-refractivity contribution in [3.8, 4) is 21.1 Å². The van der Waals surface area contributed by atoms with E-state index in [-0.39, 0.29) is 0 Å². The highest BCUT2D eigenvalue weighted by molar-refractivity contribution is 9.10. The van der Waals surface area contributed by atoms with Gasteiger partial charge in [-0.15, -0.1) is 11.3 Å². The van der Waals surface area contributed by atoms with Gasteiger partial charge in [0.05, 0.1) is 4.88 Å². The lowest BCUT2D eigenvalue weighted by molar-refractivity contribution is 0.111. The fourth-order valence-corrected chi connectivity index (χ4v) is 4.15. The van der Waals surface area contributed by atoms with Gasteiger partial charge in [0.15, 0.2) is 11.3 Å². The average Bonchev–Trinajstić information content (AvgIpc) is 3.22. The van der Waals surface area contributed by atoms with Crippen LogP contribution in [0.4, 0.5) is 0 Å². The Bertz CT molecular complexity index is 955. The van der Waals surface area contributed by atoms with Crippen molar-refractivity contribution in [3.05, 3.63) is 51.9 Å². The zero-order valence-electron chi connectivity index (χ0n) is 11.1. The van der Waals surface area contributed by atoms with Crippen LogP contribution < -0.4 is 0 Å². The summed E-state index contributed by atoms with van der Waals surface area (Å²) >= 11 is 6.52. The zero-order valence-corrected chi connectivity index (χ0v) is 14.3. The van der Waals surface area contributed by atoms with E-state index in [0.29, 0.717) is 11.4 Å². The van der Waals surface area contributed by atoms with Gasteiger partial charge < -0.3 is 0 Å². The highest BCUT2D eigenvalue weighted by Crippen LogP contribution is 2.32. The fourth-order valence-electron chi connectivity index (χ4n) is 2.19. The topological polar surface area (TPSA) is 47.3 Å². The molecule has 0 N–H and O–H groups in total. The summed E-state index contributed by atoms with van der Waals surface area (Å²) in [6, 6.07) is 11.7. The minimum absolute atomic E-state index is 0.483. The van der Waals surface area contributed by atoms with Crippen molar-refractivity contribution in [3.63, 3.8) is 0 Å². The van der Waals surface area contributed by atoms with Gasteiger partial charge in [0.1, 0.15) is 11.4 Å². The van der Waals surface area contributed by atoms with Gasteiger partial charge >= 0.3 is 0 Å². The monoisotopic (exact) mass is 389 g/mol. The lowest BCUT2D eigenvalue weighted by Crippen LogP contribution is -1.93. The number of aromatic nitrogens is 3. The first kappa shape index (κ1) is 13.8. The van der Waals surface area contributed by atoms with Crippen LogP contribution in [0.25, 0.3) is 26.1 Å². The first-order chi connectivity index (χ1) is 10.8. The lowest BCUT2D eigenvalue weighted by atomic mass is 10.1. The van der Waals surface area contributed by atoms with Gasteiger partial charge in [-0.05, 0) is 23.6 Å². The van der Waals surface area contributed by atoms with Crippen molar-refractivity contribution >= 4 is 49.9 Å². The van der Waals surface area contributed by atoms with E-state index >= 15 is 0 Å². The molecule has 0 radical (unpaired) electrons. The van der Waals surface area contributed by atoms with Gasteiger partial charge in [0, 0.05) is 10.0 Å². The van der Waals surface area contributed by atoms with Gasteiger partial charge in [-0.3, -0.25) is 4.79 Å². The summed E-state index contributed by atoms with van der Waals surface area (Å²) in [6.45, 7) is 0. The first-order valence-electron chi connectivity index (χ1n) is 6.41. The van der Waals surface area contributed by atoms with Crippen LogP contribution in [-0.4, -0.2) is 20.9 Å². The highest BCUT2D eigenvalue weighted by atomic mass is 79.9. The van der Waals surface area contributed by atoms with Crippen molar-refractivity contribution in [2.45, 2.75) is 0 Å². The Morgan fingerprint density at radius 3 is 2.68 bits per heavy atom. The van der Waals surface area contributed by atoms with E-state index in [4.69, 9.17) is 0 Å². The summed E-state index contributed by atoms with van der Waals surface area (Å²) in [4.78, 5) is 17.9. The summed E-state index contributed by atoms with van der Waals surface area (Å²) in [6.07, 6.45) is 0.815. The molecule has 0 atom stereocenters. The predicted molar refractivity (Wildman–Crippen MR) is 92.7 cm³/mol. The molecule has 3 heterocycles. The van der Waals surface area contributed by atoms with E-state index in [1.54, 1.807) is 15.9 Å². The third-order valence-corrected chi connectivity index (χ3v) is 5.68. The lowest BCUT2D eigenvalue weighted by Gasteiger charge is -1.98. The second-order valence-electron chi connectivity index (χ2n) is 4.55. The maximum Gasteiger partial charge on any atom is 0.213 e. The number of benzene rings is 1. The quantitative estimate of drug-likeness (QED) is 0.474. The van der Waals surface area contributed by atoms with E-state index in [9.17, 15) is 4.79 Å². The molecule has 1 aromatic carbocycles. The Kier molecular flexibility index (Phi) is 3.40. The van der Waals surface area contributed by atoms with Crippen LogP contribution in [0.5, 0.6) is 0 Å². The first-order valence-corrected chi connectivity index (χ1v) is 8.90. The molecule has 3 aromatic heterocycles. The second-order valence-corrected chi connectivity index (χ2v) is 7.37. The van der Waals surface area contributed by atoms with E-state index < -0.39 is 0 Å². The van der Waals surface area contributed by atoms with Crippen LogP contribution in [0.3, 0.4) is 0 Å². The number of halogens is 1. The van der Waals surface area contributed by atoms with E-state index in [2.05, 4.69) is 26.0 Å². The Morgan fingerprint density at radius 1 is 1.18 bits per heavy atom. The molecule has 22 heavy (non-hydrogen) atoms. The fraction of sp³-hybridized carbons (Fsp3) is 0. The Morgan fingerprint density at radius 2 is 2.00 bits per heavy atom. The maximum atomic E-state index is 11.5. The van der Waals surface area contributed by atoms with Crippen molar-refractivity contribution in [1.29, 1.82) is 0 Å². The van der Waals surface area contributed by atoms with Gasteiger partial charge in [-0.2, -0.15) is 9.61 Å². The molecule has 0 bridgehead atoms. The number of thiophene rings is 1. The Labute approximate surface area is 142 Å². The Hall–Kier alpha value is -1.83. The molecule has 4 aromatic rings. The molecule has 108 valence electrons. The summed E-state index contributed by atoms with van der Waals surface area (Å²) in [7, 11) is 0. The van der Waals surface area contributed by atoms with Crippen LogP contribution in [0.2, 0.25) is 0 Å². The molecule has 0 unspecified atom stereocenters. The molecule has 4 nitrogen and oxygen atoms in total. The SMILES string of the molecule is O=Cc1c(-c2ccc(Br)cc2)nc2sc(-c3cccs3)nn12. The van der Waals surface area contributed by atoms with Gasteiger partial charge in [-0.25, -0.2) is 4.98 Å². The molecule has 0 fully saturated rings. The Balaban J connectivity index is 1.89. The predicted octanol–water partition coefficient (Wildman–Crippen LogP) is 4.76. The van der Waals surface area contributed by atoms with Crippen LogP contribution in [0, 0.1) is 0 Å². The summed E-state index contributed by atoms with van der Waals surface area (Å²) < 4.78 is 2.62. The van der Waals surface area contributed by atoms with Crippen LogP contribution >= 0.6 is 38.6 Å². The van der Waals surface area contributed by atoms with Gasteiger partial charge in [0.2, 0.25) is 4.96 Å². The zero-order chi connectivity index (χ0) is 15.1. The number of aldehydes is 1. The smallest absolute Gasteiger partial charge is 0.213 e. The number of fused-ring (bicyclic) bond motifs is 1. The number of carbonyl (C=O) groups excluding carboxylic acids is 1. The maximum absolute atomic E-state index is 11.5. The molecular weight excluding hydrogens is 382 g/mol. The molecule has 0 saturated heterocycles. The van der Waals surface area contributed by atoms with Gasteiger partial charge in [-0.1, -0.05) is 45.5 Å². The molecule has 4 rings (SSSR count). The van der Waals surface area contributed by atoms with E-state index in [0.717, 1.165) is 31.2 Å². The number of hydrogen-bond acceptors (Lipinski definition) is 5. The third-order valence-electron chi connectivity index (χ3n) is 3.20. The number of rotatable bonds is 3. The molecule has 0 saturated carbocycles. The van der Waals surface area contributed by atoms with E-state index in [1.807, 2.05) is 41.8 Å². The second kappa shape index (κ2) is 5.42. The average molecular weight is 390 g/mol. The van der Waals surface area contributed by atoms with E-state index in [1.165, 1.54) is 11.3 Å². The molecule has 0 amide bonds. The van der Waals surface area contributed by atoms with Crippen molar-refractivity contribution < 1.29 is 4.79 Å². The molecule has 0 aliphatic rings. The molecule has 0 spiro atoms. The molecular formula is C15H8BrN3OS2. The standard InChI is InChI=1S/C15H8BrN3OS2/c16-10-5-3-9(4-6-10)13-11(8-20)19-15(17-13)22-14(18-19)12-2-1-7-21-12/h1-8H. The number of hydrogen-bond donors (Lipinski definition) is 0. The normalized spacial score (nSPS) is 11.1. The highest BCUT2D eigenvalue weighted by Gasteiger charge is 2.18. The molecule has 0 aliphatic carbocycles. The van der Waals surface area contributed by atoms with Crippen LogP contribution in [-0.2, 0) is 0 Å². The largest absolute Gasteiger partial charge is 0.296 e. The minimum atomic E-state index is 0.483. The van der Waals surface area contributed by atoms with Crippen LogP contribution in [0.15, 0.2) is 46.3 Å². The number of nitrogens with zero attached hydrogens (tertiary/aromatic N) is 3. The number of imidazole rings is 1. The summed E-state index contributed by atoms with van der Waals surface area (Å²) in [5.74, 6) is 0. The van der Waals surface area contributed by atoms with Crippen molar-refractivity contribution in [2.75, 3.05) is 0 Å². The molecule has 7 heteroatoms. The van der Waals surface area contributed by atoms with Crippen molar-refractivity contribution in [1.82, 2.24) is 14.6 Å². The summed E-state index contributed by atoms with van der Waals surface area (Å²) in [5, 5.41) is 7.42. The van der Waals surface area contributed by atoms with Gasteiger partial charge in [0.25, 0.3) is 0 Å². The molecule has 0 aliphatic heterocycles. The third kappa shape index (κ3) is 2.22. The summed E-state index contributed by atoms with van der Waals surface area (Å²) in [5.41, 5.74) is 2.05. The number of carbonyl (C=O) groups is 1. The van der Waals surface area contributed by atoms with Crippen LogP contribution in [0.1, 0.15) is 10.5 Å².